The van der Waals surface area contributed by atoms with E-state index in [1.54, 1.807) is 4.68 Å². The second-order valence-electron chi connectivity index (χ2n) is 6.78. The van der Waals surface area contributed by atoms with Crippen LogP contribution in [0.25, 0.3) is 0 Å². The van der Waals surface area contributed by atoms with Crippen LogP contribution in [0.15, 0.2) is 0 Å². The van der Waals surface area contributed by atoms with Crippen molar-refractivity contribution in [3.63, 3.8) is 0 Å². The van der Waals surface area contributed by atoms with Crippen molar-refractivity contribution in [1.29, 1.82) is 0 Å². The van der Waals surface area contributed by atoms with Gasteiger partial charge in [0.1, 0.15) is 0 Å². The molecule has 2 fully saturated rings. The van der Waals surface area contributed by atoms with Gasteiger partial charge in [0.05, 0.1) is 6.54 Å². The smallest absolute Gasteiger partial charge is 0.245 e. The van der Waals surface area contributed by atoms with Crippen LogP contribution in [0.2, 0.25) is 0 Å². The van der Waals surface area contributed by atoms with Crippen LogP contribution in [0.4, 0.5) is 5.95 Å². The number of fused-ring (bicyclic) bond motifs is 1. The van der Waals surface area contributed by atoms with Gasteiger partial charge in [0.2, 0.25) is 5.95 Å². The van der Waals surface area contributed by atoms with Crippen molar-refractivity contribution in [2.45, 2.75) is 45.3 Å². The first-order valence-electron chi connectivity index (χ1n) is 8.72. The fourth-order valence-electron chi connectivity index (χ4n) is 4.04. The Morgan fingerprint density at radius 2 is 2.00 bits per heavy atom. The van der Waals surface area contributed by atoms with E-state index >= 15 is 0 Å². The number of aromatic nitrogens is 8. The van der Waals surface area contributed by atoms with Crippen LogP contribution < -0.4 is 4.90 Å². The van der Waals surface area contributed by atoms with Gasteiger partial charge in [-0.25, -0.2) is 9.36 Å². The first kappa shape index (κ1) is 15.4. The Morgan fingerprint density at radius 3 is 2.79 bits per heavy atom. The molecule has 0 aromatic carbocycles. The van der Waals surface area contributed by atoms with Gasteiger partial charge in [0, 0.05) is 39.3 Å². The topological polar surface area (TPSA) is 93.7 Å². The van der Waals surface area contributed by atoms with Gasteiger partial charge < -0.3 is 4.90 Å². The second kappa shape index (κ2) is 6.42. The number of nitrogens with zero attached hydrogens (tertiary/aromatic N) is 10. The van der Waals surface area contributed by atoms with Crippen LogP contribution in [0.5, 0.6) is 0 Å². The van der Waals surface area contributed by atoms with E-state index in [2.05, 4.69) is 47.8 Å². The highest BCUT2D eigenvalue weighted by Gasteiger charge is 2.40. The molecule has 0 spiro atoms. The van der Waals surface area contributed by atoms with Gasteiger partial charge in [-0.05, 0) is 46.0 Å². The first-order valence-corrected chi connectivity index (χ1v) is 8.72. The van der Waals surface area contributed by atoms with E-state index < -0.39 is 0 Å². The molecule has 4 rings (SSSR count). The number of anilines is 1. The third-order valence-electron chi connectivity index (χ3n) is 5.12. The lowest BCUT2D eigenvalue weighted by atomic mass is 9.92. The molecule has 24 heavy (non-hydrogen) atoms. The summed E-state index contributed by atoms with van der Waals surface area (Å²) in [7, 11) is 1.91. The van der Waals surface area contributed by atoms with Crippen LogP contribution in [-0.4, -0.2) is 71.0 Å². The molecule has 0 bridgehead atoms. The van der Waals surface area contributed by atoms with Gasteiger partial charge in [0.25, 0.3) is 0 Å². The Bertz CT molecular complexity index is 679. The number of piperidine rings is 1. The fraction of sp³-hybridized carbons (Fsp3) is 0.857. The Balaban J connectivity index is 1.48. The summed E-state index contributed by atoms with van der Waals surface area (Å²) < 4.78 is 3.69. The zero-order valence-electron chi connectivity index (χ0n) is 14.3. The van der Waals surface area contributed by atoms with Gasteiger partial charge in [-0.3, -0.25) is 4.90 Å². The van der Waals surface area contributed by atoms with Crippen molar-refractivity contribution in [3.05, 3.63) is 5.82 Å². The van der Waals surface area contributed by atoms with E-state index in [9.17, 15) is 0 Å². The molecule has 2 atom stereocenters. The minimum atomic E-state index is 0.471. The molecule has 4 heterocycles. The lowest BCUT2D eigenvalue weighted by Crippen LogP contribution is -2.46. The molecule has 2 aliphatic heterocycles. The zero-order valence-corrected chi connectivity index (χ0v) is 14.3. The number of tetrazole rings is 2. The maximum Gasteiger partial charge on any atom is 0.245 e. The monoisotopic (exact) mass is 332 g/mol. The largest absolute Gasteiger partial charge is 0.335 e. The molecule has 10 heteroatoms. The molecule has 2 unspecified atom stereocenters. The third kappa shape index (κ3) is 2.74. The molecule has 2 aliphatic rings. The minimum absolute atomic E-state index is 0.471. The van der Waals surface area contributed by atoms with Gasteiger partial charge in [-0.2, -0.15) is 0 Å². The maximum absolute atomic E-state index is 4.21. The minimum Gasteiger partial charge on any atom is -0.335 e. The van der Waals surface area contributed by atoms with Crippen LogP contribution in [0.3, 0.4) is 0 Å². The Hall–Kier alpha value is -2.10. The van der Waals surface area contributed by atoms with E-state index in [0.717, 1.165) is 50.9 Å². The number of likely N-dealkylation sites (tertiary alicyclic amines) is 1. The number of hydrogen-bond donors (Lipinski definition) is 0. The van der Waals surface area contributed by atoms with Gasteiger partial charge in [0.15, 0.2) is 5.82 Å². The Morgan fingerprint density at radius 1 is 1.12 bits per heavy atom. The van der Waals surface area contributed by atoms with Gasteiger partial charge >= 0.3 is 0 Å². The van der Waals surface area contributed by atoms with Crippen molar-refractivity contribution in [1.82, 2.24) is 45.3 Å². The Kier molecular flexibility index (Phi) is 4.13. The van der Waals surface area contributed by atoms with E-state index in [-0.39, 0.29) is 0 Å². The van der Waals surface area contributed by atoms with Crippen LogP contribution in [-0.2, 0) is 20.1 Å². The summed E-state index contributed by atoms with van der Waals surface area (Å²) in [6.45, 7) is 6.95. The SMILES string of the molecule is CCCn1nnnc1CN1CC2CCCN(c3nnnn3C)C2C1. The third-order valence-corrected chi connectivity index (χ3v) is 5.12. The van der Waals surface area contributed by atoms with Crippen LogP contribution in [0.1, 0.15) is 32.0 Å². The highest BCUT2D eigenvalue weighted by molar-refractivity contribution is 5.32. The average molecular weight is 332 g/mol. The second-order valence-corrected chi connectivity index (χ2v) is 6.78. The predicted octanol–water partition coefficient (Wildman–Crippen LogP) is -0.293. The zero-order chi connectivity index (χ0) is 16.5. The molecule has 2 aromatic rings. The molecule has 10 nitrogen and oxygen atoms in total. The number of hydrogen-bond acceptors (Lipinski definition) is 8. The van der Waals surface area contributed by atoms with Gasteiger partial charge in [-0.1, -0.05) is 12.0 Å². The number of rotatable bonds is 5. The van der Waals surface area contributed by atoms with Crippen molar-refractivity contribution in [3.8, 4) is 0 Å². The molecular weight excluding hydrogens is 308 g/mol. The first-order chi connectivity index (χ1) is 11.8. The summed E-state index contributed by atoms with van der Waals surface area (Å²) >= 11 is 0. The standard InChI is InChI=1S/C14H24N10/c1-3-6-24-13(15-17-20-24)10-22-8-11-5-4-7-23(12(11)9-22)14-16-18-19-21(14)2/h11-12H,3-10H2,1-2H3. The maximum atomic E-state index is 4.21. The lowest BCUT2D eigenvalue weighted by Gasteiger charge is -2.36. The van der Waals surface area contributed by atoms with E-state index in [0.29, 0.717) is 12.0 Å². The molecule has 0 N–H and O–H groups in total. The normalized spacial score (nSPS) is 24.5. The summed E-state index contributed by atoms with van der Waals surface area (Å²) in [4.78, 5) is 4.85. The summed E-state index contributed by atoms with van der Waals surface area (Å²) in [5.74, 6) is 2.50. The summed E-state index contributed by atoms with van der Waals surface area (Å²) in [5, 5.41) is 24.1. The highest BCUT2D eigenvalue weighted by atomic mass is 15.6. The predicted molar refractivity (Wildman–Crippen MR) is 86.0 cm³/mol. The molecule has 2 saturated heterocycles. The van der Waals surface area contributed by atoms with Crippen LogP contribution >= 0.6 is 0 Å². The van der Waals surface area contributed by atoms with Crippen LogP contribution in [0, 0.1) is 5.92 Å². The molecule has 0 aliphatic carbocycles. The lowest BCUT2D eigenvalue weighted by molar-refractivity contribution is 0.297. The van der Waals surface area contributed by atoms with E-state index in [4.69, 9.17) is 0 Å². The summed E-state index contributed by atoms with van der Waals surface area (Å²) in [5.41, 5.74) is 0. The molecule has 2 aromatic heterocycles. The van der Waals surface area contributed by atoms with Crippen molar-refractivity contribution in [2.75, 3.05) is 24.5 Å². The van der Waals surface area contributed by atoms with Crippen molar-refractivity contribution >= 4 is 5.95 Å². The van der Waals surface area contributed by atoms with Gasteiger partial charge in [-0.15, -0.1) is 5.10 Å². The van der Waals surface area contributed by atoms with E-state index in [1.807, 2.05) is 11.7 Å². The summed E-state index contributed by atoms with van der Waals surface area (Å²) in [6.07, 6.45) is 3.49. The fourth-order valence-corrected chi connectivity index (χ4v) is 4.04. The van der Waals surface area contributed by atoms with Crippen molar-refractivity contribution < 1.29 is 0 Å². The van der Waals surface area contributed by atoms with E-state index in [1.165, 1.54) is 12.8 Å². The molecule has 0 radical (unpaired) electrons. The molecule has 0 saturated carbocycles. The highest BCUT2D eigenvalue weighted by Crippen LogP contribution is 2.33. The Labute approximate surface area is 140 Å². The van der Waals surface area contributed by atoms with Crippen molar-refractivity contribution in [2.24, 2.45) is 13.0 Å². The molecular formula is C14H24N10. The average Bonchev–Trinajstić information content (AvgIpc) is 3.28. The summed E-state index contributed by atoms with van der Waals surface area (Å²) in [6, 6.07) is 0.471. The molecule has 0 amide bonds. The quantitative estimate of drug-likeness (QED) is 0.737. The molecule has 130 valence electrons. The number of aryl methyl sites for hydroxylation is 2.